The molecule has 0 aliphatic carbocycles. The summed E-state index contributed by atoms with van der Waals surface area (Å²) in [6, 6.07) is 9.24. The van der Waals surface area contributed by atoms with Gasteiger partial charge in [-0.2, -0.15) is 0 Å². The number of hydrogen-bond donors (Lipinski definition) is 1. The van der Waals surface area contributed by atoms with Crippen LogP contribution < -0.4 is 10.1 Å². The number of aromatic nitrogens is 2. The summed E-state index contributed by atoms with van der Waals surface area (Å²) in [5.41, 5.74) is 3.48. The number of amides is 1. The first kappa shape index (κ1) is 15.1. The Morgan fingerprint density at radius 3 is 3.04 bits per heavy atom. The largest absolute Gasteiger partial charge is 0.493 e. The number of benzene rings is 1. The molecule has 1 aliphatic rings. The molecular formula is C17H12ClN3O2S. The summed E-state index contributed by atoms with van der Waals surface area (Å²) >= 11 is 7.11. The van der Waals surface area contributed by atoms with Crippen LogP contribution >= 0.6 is 22.9 Å². The number of ether oxygens (including phenoxy) is 1. The molecule has 3 aromatic rings. The maximum absolute atomic E-state index is 12.2. The number of thiazole rings is 1. The number of halogens is 1. The Labute approximate surface area is 147 Å². The minimum Gasteiger partial charge on any atom is -0.493 e. The Bertz CT molecular complexity index is 908. The van der Waals surface area contributed by atoms with Gasteiger partial charge in [0.1, 0.15) is 10.9 Å². The van der Waals surface area contributed by atoms with Crippen LogP contribution in [0.25, 0.3) is 11.3 Å². The smallest absolute Gasteiger partial charge is 0.259 e. The van der Waals surface area contributed by atoms with Crippen LogP contribution in [-0.4, -0.2) is 22.5 Å². The highest BCUT2D eigenvalue weighted by Crippen LogP contribution is 2.32. The molecule has 5 nitrogen and oxygen atoms in total. The molecule has 0 saturated heterocycles. The van der Waals surface area contributed by atoms with E-state index in [2.05, 4.69) is 21.4 Å². The zero-order valence-corrected chi connectivity index (χ0v) is 14.0. The number of anilines is 1. The van der Waals surface area contributed by atoms with Crippen molar-refractivity contribution < 1.29 is 9.53 Å². The van der Waals surface area contributed by atoms with E-state index in [1.54, 1.807) is 12.1 Å². The Balaban J connectivity index is 1.52. The molecule has 0 bridgehead atoms. The van der Waals surface area contributed by atoms with Gasteiger partial charge in [-0.15, -0.1) is 11.3 Å². The van der Waals surface area contributed by atoms with Crippen LogP contribution in [0.1, 0.15) is 15.9 Å². The number of fused-ring (bicyclic) bond motifs is 1. The second-order valence-electron chi connectivity index (χ2n) is 5.28. The Kier molecular flexibility index (Phi) is 3.92. The van der Waals surface area contributed by atoms with Gasteiger partial charge < -0.3 is 4.74 Å². The number of carbonyl (C=O) groups excluding carboxylic acids is 1. The number of nitrogens with zero attached hydrogens (tertiary/aromatic N) is 2. The molecule has 0 unspecified atom stereocenters. The lowest BCUT2D eigenvalue weighted by Gasteiger charge is -2.02. The van der Waals surface area contributed by atoms with Gasteiger partial charge in [-0.25, -0.2) is 9.97 Å². The monoisotopic (exact) mass is 357 g/mol. The summed E-state index contributed by atoms with van der Waals surface area (Å²) in [4.78, 5) is 20.6. The van der Waals surface area contributed by atoms with E-state index in [1.807, 2.05) is 17.5 Å². The Morgan fingerprint density at radius 1 is 1.29 bits per heavy atom. The predicted octanol–water partition coefficient (Wildman–Crippen LogP) is 4.05. The van der Waals surface area contributed by atoms with Crippen LogP contribution in [0.2, 0.25) is 5.15 Å². The Morgan fingerprint density at radius 2 is 2.21 bits per heavy atom. The third kappa shape index (κ3) is 2.98. The number of rotatable bonds is 3. The molecule has 0 spiro atoms. The van der Waals surface area contributed by atoms with E-state index >= 15 is 0 Å². The lowest BCUT2D eigenvalue weighted by Crippen LogP contribution is -2.11. The maximum atomic E-state index is 12.2. The highest BCUT2D eigenvalue weighted by atomic mass is 35.5. The van der Waals surface area contributed by atoms with E-state index < -0.39 is 0 Å². The van der Waals surface area contributed by atoms with Gasteiger partial charge in [-0.1, -0.05) is 11.6 Å². The highest BCUT2D eigenvalue weighted by Gasteiger charge is 2.15. The first-order valence-electron chi connectivity index (χ1n) is 7.33. The molecule has 1 N–H and O–H groups in total. The van der Waals surface area contributed by atoms with E-state index in [1.165, 1.54) is 23.1 Å². The lowest BCUT2D eigenvalue weighted by atomic mass is 10.1. The van der Waals surface area contributed by atoms with E-state index in [-0.39, 0.29) is 5.91 Å². The minimum absolute atomic E-state index is 0.262. The number of hydrogen-bond acceptors (Lipinski definition) is 5. The van der Waals surface area contributed by atoms with E-state index in [0.29, 0.717) is 15.8 Å². The molecule has 0 saturated carbocycles. The summed E-state index contributed by atoms with van der Waals surface area (Å²) in [6.45, 7) is 0.728. The molecule has 1 aromatic carbocycles. The van der Waals surface area contributed by atoms with Gasteiger partial charge in [0.2, 0.25) is 0 Å². The third-order valence-corrected chi connectivity index (χ3v) is 4.68. The van der Waals surface area contributed by atoms with E-state index in [0.717, 1.165) is 30.0 Å². The van der Waals surface area contributed by atoms with Crippen LogP contribution in [0.4, 0.5) is 5.13 Å². The topological polar surface area (TPSA) is 64.1 Å². The van der Waals surface area contributed by atoms with Crippen molar-refractivity contribution >= 4 is 34.0 Å². The number of nitrogens with one attached hydrogen (secondary N) is 1. The first-order valence-corrected chi connectivity index (χ1v) is 8.59. The van der Waals surface area contributed by atoms with Crippen molar-refractivity contribution in [3.05, 3.63) is 58.2 Å². The van der Waals surface area contributed by atoms with E-state index in [4.69, 9.17) is 16.3 Å². The summed E-state index contributed by atoms with van der Waals surface area (Å²) < 4.78 is 5.51. The quantitative estimate of drug-likeness (QED) is 0.718. The first-order chi connectivity index (χ1) is 11.7. The van der Waals surface area contributed by atoms with E-state index in [9.17, 15) is 4.79 Å². The summed E-state index contributed by atoms with van der Waals surface area (Å²) in [5, 5.41) is 5.60. The van der Waals surface area contributed by atoms with Gasteiger partial charge in [-0.05, 0) is 35.9 Å². The second kappa shape index (κ2) is 6.22. The van der Waals surface area contributed by atoms with Crippen molar-refractivity contribution in [1.29, 1.82) is 0 Å². The Hall–Kier alpha value is -2.44. The molecule has 120 valence electrons. The van der Waals surface area contributed by atoms with Crippen molar-refractivity contribution in [2.45, 2.75) is 6.42 Å². The van der Waals surface area contributed by atoms with Crippen molar-refractivity contribution in [2.75, 3.05) is 11.9 Å². The van der Waals surface area contributed by atoms with Crippen molar-refractivity contribution in [3.63, 3.8) is 0 Å². The average molecular weight is 358 g/mol. The van der Waals surface area contributed by atoms with Gasteiger partial charge in [-0.3, -0.25) is 10.1 Å². The molecule has 7 heteroatoms. The van der Waals surface area contributed by atoms with Crippen molar-refractivity contribution in [3.8, 4) is 17.0 Å². The zero-order chi connectivity index (χ0) is 16.5. The van der Waals surface area contributed by atoms with Gasteiger partial charge in [0, 0.05) is 23.6 Å². The fraction of sp³-hybridized carbons (Fsp3) is 0.118. The third-order valence-electron chi connectivity index (χ3n) is 3.70. The minimum atomic E-state index is -0.262. The van der Waals surface area contributed by atoms with Crippen LogP contribution in [0.5, 0.6) is 5.75 Å². The molecule has 1 amide bonds. The van der Waals surface area contributed by atoms with Crippen LogP contribution in [0.15, 0.2) is 41.9 Å². The molecule has 1 aliphatic heterocycles. The maximum Gasteiger partial charge on any atom is 0.259 e. The zero-order valence-electron chi connectivity index (χ0n) is 12.5. The molecular weight excluding hydrogens is 346 g/mol. The normalized spacial score (nSPS) is 12.5. The van der Waals surface area contributed by atoms with Crippen molar-refractivity contribution in [2.24, 2.45) is 0 Å². The van der Waals surface area contributed by atoms with Crippen LogP contribution in [0, 0.1) is 0 Å². The van der Waals surface area contributed by atoms with Gasteiger partial charge in [0.15, 0.2) is 5.13 Å². The van der Waals surface area contributed by atoms with Crippen molar-refractivity contribution in [1.82, 2.24) is 9.97 Å². The molecule has 3 heterocycles. The highest BCUT2D eigenvalue weighted by molar-refractivity contribution is 7.14. The van der Waals surface area contributed by atoms with Crippen LogP contribution in [0.3, 0.4) is 0 Å². The summed E-state index contributed by atoms with van der Waals surface area (Å²) in [6.07, 6.45) is 2.35. The molecule has 0 atom stereocenters. The SMILES string of the molecule is O=C(Nc1nc(-c2ccc3c(c2)CCO3)cs1)c1ccc(Cl)nc1. The van der Waals surface area contributed by atoms with Gasteiger partial charge >= 0.3 is 0 Å². The molecule has 4 rings (SSSR count). The predicted molar refractivity (Wildman–Crippen MR) is 93.9 cm³/mol. The molecule has 0 radical (unpaired) electrons. The summed E-state index contributed by atoms with van der Waals surface area (Å²) in [7, 11) is 0. The molecule has 0 fully saturated rings. The van der Waals surface area contributed by atoms with Gasteiger partial charge in [0.05, 0.1) is 17.9 Å². The standard InChI is InChI=1S/C17H12ClN3O2S/c18-15-4-2-12(8-19-15)16(22)21-17-20-13(9-24-17)10-1-3-14-11(7-10)5-6-23-14/h1-4,7-9H,5-6H2,(H,20,21,22). The molecule has 24 heavy (non-hydrogen) atoms. The average Bonchev–Trinajstić information content (AvgIpc) is 3.23. The lowest BCUT2D eigenvalue weighted by molar-refractivity contribution is 0.102. The fourth-order valence-corrected chi connectivity index (χ4v) is 3.32. The number of carbonyl (C=O) groups is 1. The summed E-state index contributed by atoms with van der Waals surface area (Å²) in [5.74, 6) is 0.681. The molecule has 2 aromatic heterocycles. The number of pyridine rings is 1. The van der Waals surface area contributed by atoms with Crippen LogP contribution in [-0.2, 0) is 6.42 Å². The van der Waals surface area contributed by atoms with Gasteiger partial charge in [0.25, 0.3) is 5.91 Å². The fourth-order valence-electron chi connectivity index (χ4n) is 2.49. The second-order valence-corrected chi connectivity index (χ2v) is 6.53.